The zero-order valence-corrected chi connectivity index (χ0v) is 25.6. The Labute approximate surface area is 255 Å². The Bertz CT molecular complexity index is 1610. The summed E-state index contributed by atoms with van der Waals surface area (Å²) in [4.78, 5) is 44.4. The molecule has 220 valence electrons. The molecule has 42 heavy (non-hydrogen) atoms. The number of aromatic carboxylic acids is 1. The Hall–Kier alpha value is -3.54. The molecule has 0 bridgehead atoms. The molecule has 1 aromatic heterocycles. The number of nitrogens with zero attached hydrogens (tertiary/aromatic N) is 1. The lowest BCUT2D eigenvalue weighted by Gasteiger charge is -2.37. The van der Waals surface area contributed by atoms with Crippen molar-refractivity contribution in [3.63, 3.8) is 0 Å². The average Bonchev–Trinajstić information content (AvgIpc) is 3.39. The van der Waals surface area contributed by atoms with Crippen molar-refractivity contribution in [1.82, 2.24) is 10.3 Å². The summed E-state index contributed by atoms with van der Waals surface area (Å²) in [5.74, 6) is -3.64. The van der Waals surface area contributed by atoms with Gasteiger partial charge in [0, 0.05) is 18.2 Å². The molecule has 5 rings (SSSR count). The minimum absolute atomic E-state index is 0.0221. The third-order valence-corrected chi connectivity index (χ3v) is 8.57. The molecule has 4 unspecified atom stereocenters. The van der Waals surface area contributed by atoms with Crippen molar-refractivity contribution in [3.05, 3.63) is 80.8 Å². The zero-order valence-electron chi connectivity index (χ0n) is 23.2. The number of rotatable bonds is 6. The highest BCUT2D eigenvalue weighted by Crippen LogP contribution is 2.56. The van der Waals surface area contributed by atoms with Crippen LogP contribution in [0, 0.1) is 11.2 Å². The number of carbonyl (C=O) groups is 3. The van der Waals surface area contributed by atoms with Crippen LogP contribution in [-0.4, -0.2) is 47.1 Å². The number of halogens is 3. The van der Waals surface area contributed by atoms with Gasteiger partial charge in [0.15, 0.2) is 0 Å². The number of fused-ring (bicyclic) bond motifs is 2. The number of carbonyl (C=O) groups excluding carboxylic acids is 2. The fraction of sp³-hybridized carbons (Fsp3) is 0.333. The van der Waals surface area contributed by atoms with E-state index in [4.69, 9.17) is 16.3 Å². The predicted octanol–water partition coefficient (Wildman–Crippen LogP) is 5.73. The third-order valence-electron chi connectivity index (χ3n) is 7.75. The summed E-state index contributed by atoms with van der Waals surface area (Å²) in [5.41, 5.74) is -0.650. The Morgan fingerprint density at radius 1 is 1.24 bits per heavy atom. The first-order valence-electron chi connectivity index (χ1n) is 13.2. The number of carboxylic acid groups (broad SMARTS) is 1. The molecule has 1 fully saturated rings. The SMILES string of the molecule is COc1cc(C(=O)O)ccc1NC(=O)C1NC(CC(C)(C)C)C2(C(=O)Nc3cc(Cl)cnc32)C1c1cccc(Br)c1F. The Balaban J connectivity index is 1.70. The monoisotopic (exact) mass is 658 g/mol. The highest BCUT2D eigenvalue weighted by molar-refractivity contribution is 9.10. The van der Waals surface area contributed by atoms with Gasteiger partial charge >= 0.3 is 5.97 Å². The number of methoxy groups -OCH3 is 1. The summed E-state index contributed by atoms with van der Waals surface area (Å²) in [6.07, 6.45) is 1.88. The van der Waals surface area contributed by atoms with E-state index >= 15 is 4.39 Å². The van der Waals surface area contributed by atoms with Gasteiger partial charge in [-0.15, -0.1) is 0 Å². The summed E-state index contributed by atoms with van der Waals surface area (Å²) in [6, 6.07) is 8.67. The average molecular weight is 660 g/mol. The fourth-order valence-corrected chi connectivity index (χ4v) is 6.66. The van der Waals surface area contributed by atoms with Gasteiger partial charge in [0.05, 0.1) is 45.3 Å². The smallest absolute Gasteiger partial charge is 0.335 e. The van der Waals surface area contributed by atoms with E-state index in [1.165, 1.54) is 31.5 Å². The number of nitrogens with one attached hydrogen (secondary N) is 3. The number of hydrogen-bond donors (Lipinski definition) is 4. The van der Waals surface area contributed by atoms with Gasteiger partial charge in [0.1, 0.15) is 17.0 Å². The van der Waals surface area contributed by atoms with E-state index in [0.717, 1.165) is 0 Å². The van der Waals surface area contributed by atoms with Gasteiger partial charge in [0.2, 0.25) is 11.8 Å². The summed E-state index contributed by atoms with van der Waals surface area (Å²) in [5, 5.41) is 18.8. The number of aromatic nitrogens is 1. The van der Waals surface area contributed by atoms with E-state index in [2.05, 4.69) is 36.9 Å². The molecule has 1 spiro atoms. The Morgan fingerprint density at radius 3 is 2.64 bits per heavy atom. The first-order valence-corrected chi connectivity index (χ1v) is 14.3. The highest BCUT2D eigenvalue weighted by atomic mass is 79.9. The third kappa shape index (κ3) is 5.03. The molecule has 3 aromatic rings. The van der Waals surface area contributed by atoms with Crippen LogP contribution in [0.3, 0.4) is 0 Å². The Kier molecular flexibility index (Phi) is 7.80. The van der Waals surface area contributed by atoms with Crippen LogP contribution in [0.1, 0.15) is 54.7 Å². The molecule has 2 amide bonds. The maximum atomic E-state index is 16.0. The molecule has 4 N–H and O–H groups in total. The van der Waals surface area contributed by atoms with E-state index in [9.17, 15) is 19.5 Å². The van der Waals surface area contributed by atoms with E-state index in [1.807, 2.05) is 20.8 Å². The van der Waals surface area contributed by atoms with Crippen molar-refractivity contribution in [3.8, 4) is 5.75 Å². The maximum absolute atomic E-state index is 16.0. The maximum Gasteiger partial charge on any atom is 0.335 e. The molecule has 3 heterocycles. The Morgan fingerprint density at radius 2 is 1.98 bits per heavy atom. The van der Waals surface area contributed by atoms with Crippen molar-refractivity contribution >= 4 is 56.7 Å². The van der Waals surface area contributed by atoms with E-state index in [0.29, 0.717) is 22.8 Å². The number of carboxylic acids is 1. The molecule has 2 aliphatic heterocycles. The summed E-state index contributed by atoms with van der Waals surface area (Å²) in [6.45, 7) is 6.05. The molecule has 0 saturated carbocycles. The van der Waals surface area contributed by atoms with E-state index in [1.54, 1.807) is 24.3 Å². The number of benzene rings is 2. The minimum atomic E-state index is -1.48. The number of ether oxygens (including phenoxy) is 1. The van der Waals surface area contributed by atoms with Crippen LogP contribution in [0.4, 0.5) is 15.8 Å². The van der Waals surface area contributed by atoms with Gasteiger partial charge in [0.25, 0.3) is 0 Å². The summed E-state index contributed by atoms with van der Waals surface area (Å²) < 4.78 is 21.5. The van der Waals surface area contributed by atoms with Crippen LogP contribution in [0.5, 0.6) is 5.75 Å². The standard InChI is InChI=1S/C30H29BrClFN4O5/c1-29(2,3)12-21-30(25-19(36-28(30)41)11-15(32)13-34-25)22(16-6-5-7-17(31)23(16)33)24(37-21)26(38)35-18-9-8-14(27(39)40)10-20(18)42-4/h5-11,13,21-22,24,37H,12H2,1-4H3,(H,35,38)(H,36,41)(H,39,40). The topological polar surface area (TPSA) is 130 Å². The zero-order chi connectivity index (χ0) is 30.6. The molecular formula is C30H29BrClFN4O5. The second kappa shape index (κ2) is 10.9. The molecule has 4 atom stereocenters. The first-order chi connectivity index (χ1) is 19.8. The number of hydrogen-bond acceptors (Lipinski definition) is 6. The van der Waals surface area contributed by atoms with E-state index < -0.39 is 47.0 Å². The van der Waals surface area contributed by atoms with Crippen LogP contribution >= 0.6 is 27.5 Å². The van der Waals surface area contributed by atoms with Crippen LogP contribution < -0.4 is 20.7 Å². The molecule has 2 aromatic carbocycles. The van der Waals surface area contributed by atoms with Crippen LogP contribution in [-0.2, 0) is 15.0 Å². The fourth-order valence-electron chi connectivity index (χ4n) is 6.12. The number of pyridine rings is 1. The van der Waals surface area contributed by atoms with Gasteiger partial charge in [-0.25, -0.2) is 9.18 Å². The summed E-state index contributed by atoms with van der Waals surface area (Å²) in [7, 11) is 1.36. The normalized spacial score (nSPS) is 23.0. The van der Waals surface area contributed by atoms with Crippen molar-refractivity contribution in [1.29, 1.82) is 0 Å². The van der Waals surface area contributed by atoms with Crippen molar-refractivity contribution < 1.29 is 28.6 Å². The van der Waals surface area contributed by atoms with Crippen LogP contribution in [0.25, 0.3) is 0 Å². The first kappa shape index (κ1) is 29.9. The highest BCUT2D eigenvalue weighted by Gasteiger charge is 2.67. The minimum Gasteiger partial charge on any atom is -0.495 e. The molecular weight excluding hydrogens is 631 g/mol. The van der Waals surface area contributed by atoms with Crippen molar-refractivity contribution in [2.24, 2.45) is 5.41 Å². The van der Waals surface area contributed by atoms with Crippen LogP contribution in [0.15, 0.2) is 53.1 Å². The van der Waals surface area contributed by atoms with Gasteiger partial charge in [-0.05, 0) is 63.7 Å². The quantitative estimate of drug-likeness (QED) is 0.266. The van der Waals surface area contributed by atoms with Crippen LogP contribution in [0.2, 0.25) is 5.02 Å². The molecule has 2 aliphatic rings. The molecule has 1 saturated heterocycles. The van der Waals surface area contributed by atoms with Gasteiger partial charge in [-0.1, -0.05) is 44.5 Å². The lowest BCUT2D eigenvalue weighted by molar-refractivity contribution is -0.122. The summed E-state index contributed by atoms with van der Waals surface area (Å²) >= 11 is 9.49. The largest absolute Gasteiger partial charge is 0.495 e. The second-order valence-electron chi connectivity index (χ2n) is 11.7. The molecule has 12 heteroatoms. The van der Waals surface area contributed by atoms with Crippen molar-refractivity contribution in [2.75, 3.05) is 17.7 Å². The second-order valence-corrected chi connectivity index (χ2v) is 13.0. The van der Waals surface area contributed by atoms with E-state index in [-0.39, 0.29) is 32.5 Å². The molecule has 0 radical (unpaired) electrons. The van der Waals surface area contributed by atoms with Crippen molar-refractivity contribution in [2.45, 2.75) is 50.6 Å². The molecule has 9 nitrogen and oxygen atoms in total. The van der Waals surface area contributed by atoms with Gasteiger partial charge in [-0.3, -0.25) is 14.6 Å². The van der Waals surface area contributed by atoms with Gasteiger partial charge < -0.3 is 25.8 Å². The number of anilines is 2. The lowest BCUT2D eigenvalue weighted by Crippen LogP contribution is -2.50. The lowest BCUT2D eigenvalue weighted by atomic mass is 9.64. The predicted molar refractivity (Wildman–Crippen MR) is 160 cm³/mol. The molecule has 0 aliphatic carbocycles. The number of amides is 2. The van der Waals surface area contributed by atoms with Gasteiger partial charge in [-0.2, -0.15) is 0 Å².